The molecule has 1 heterocycles. The highest BCUT2D eigenvalue weighted by molar-refractivity contribution is 5.28. The molecule has 0 aliphatic heterocycles. The fourth-order valence-corrected chi connectivity index (χ4v) is 4.86. The van der Waals surface area contributed by atoms with Crippen LogP contribution in [0.25, 0.3) is 0 Å². The molecule has 2 nitrogen and oxygen atoms in total. The normalized spacial score (nSPS) is 29.7. The van der Waals surface area contributed by atoms with E-state index < -0.39 is 0 Å². The maximum absolute atomic E-state index is 4.77. The lowest BCUT2D eigenvalue weighted by atomic mass is 9.62. The standard InChI is InChI=1S/C19H30N2/c1-19(2)12-5-4-11-16(19)18(20-3)15-10-6-8-14-9-7-13-21-17(14)15/h7,9,13,15-16,18,20H,4-6,8,10-12H2,1-3H3. The zero-order chi connectivity index (χ0) is 14.9. The van der Waals surface area contributed by atoms with Crippen LogP contribution in [0.4, 0.5) is 0 Å². The zero-order valence-corrected chi connectivity index (χ0v) is 13.9. The number of nitrogens with one attached hydrogen (secondary N) is 1. The molecule has 2 aliphatic rings. The van der Waals surface area contributed by atoms with Crippen molar-refractivity contribution in [2.45, 2.75) is 70.8 Å². The number of hydrogen-bond acceptors (Lipinski definition) is 2. The fraction of sp³-hybridized carbons (Fsp3) is 0.737. The molecule has 116 valence electrons. The maximum Gasteiger partial charge on any atom is 0.0482 e. The number of aromatic nitrogens is 1. The molecule has 2 heteroatoms. The quantitative estimate of drug-likeness (QED) is 0.896. The number of aryl methyl sites for hydroxylation is 1. The van der Waals surface area contributed by atoms with Crippen molar-refractivity contribution in [3.63, 3.8) is 0 Å². The lowest BCUT2D eigenvalue weighted by molar-refractivity contribution is 0.0865. The van der Waals surface area contributed by atoms with Gasteiger partial charge in [-0.15, -0.1) is 0 Å². The van der Waals surface area contributed by atoms with Gasteiger partial charge in [0.15, 0.2) is 0 Å². The van der Waals surface area contributed by atoms with Gasteiger partial charge in [-0.3, -0.25) is 4.98 Å². The average molecular weight is 286 g/mol. The predicted molar refractivity (Wildman–Crippen MR) is 88.5 cm³/mol. The third-order valence-electron chi connectivity index (χ3n) is 6.03. The smallest absolute Gasteiger partial charge is 0.0482 e. The van der Waals surface area contributed by atoms with Crippen molar-refractivity contribution in [2.24, 2.45) is 11.3 Å². The fourth-order valence-electron chi connectivity index (χ4n) is 4.86. The van der Waals surface area contributed by atoms with Crippen molar-refractivity contribution >= 4 is 0 Å². The molecule has 0 saturated heterocycles. The Bertz CT molecular complexity index is 480. The topological polar surface area (TPSA) is 24.9 Å². The number of hydrogen-bond donors (Lipinski definition) is 1. The molecule has 3 atom stereocenters. The molecule has 21 heavy (non-hydrogen) atoms. The van der Waals surface area contributed by atoms with Gasteiger partial charge < -0.3 is 5.32 Å². The van der Waals surface area contributed by atoms with Crippen LogP contribution in [0.5, 0.6) is 0 Å². The summed E-state index contributed by atoms with van der Waals surface area (Å²) in [6.45, 7) is 4.95. The molecular weight excluding hydrogens is 256 g/mol. The van der Waals surface area contributed by atoms with Crippen molar-refractivity contribution < 1.29 is 0 Å². The van der Waals surface area contributed by atoms with E-state index in [2.05, 4.69) is 38.3 Å². The summed E-state index contributed by atoms with van der Waals surface area (Å²) in [5.41, 5.74) is 3.32. The Morgan fingerprint density at radius 1 is 1.24 bits per heavy atom. The minimum atomic E-state index is 0.457. The number of pyridine rings is 1. The second kappa shape index (κ2) is 6.08. The van der Waals surface area contributed by atoms with E-state index >= 15 is 0 Å². The van der Waals surface area contributed by atoms with Crippen molar-refractivity contribution in [2.75, 3.05) is 7.05 Å². The number of nitrogens with zero attached hydrogens (tertiary/aromatic N) is 1. The third kappa shape index (κ3) is 2.88. The summed E-state index contributed by atoms with van der Waals surface area (Å²) in [5.74, 6) is 1.37. The van der Waals surface area contributed by atoms with Gasteiger partial charge in [-0.25, -0.2) is 0 Å². The second-order valence-electron chi connectivity index (χ2n) is 7.70. The van der Waals surface area contributed by atoms with E-state index in [1.54, 1.807) is 0 Å². The molecule has 0 amide bonds. The lowest BCUT2D eigenvalue weighted by Gasteiger charge is -2.46. The summed E-state index contributed by atoms with van der Waals surface area (Å²) < 4.78 is 0. The van der Waals surface area contributed by atoms with E-state index in [-0.39, 0.29) is 0 Å². The Balaban J connectivity index is 1.90. The maximum atomic E-state index is 4.77. The van der Waals surface area contributed by atoms with Gasteiger partial charge in [-0.05, 0) is 62.1 Å². The summed E-state index contributed by atoms with van der Waals surface area (Å²) >= 11 is 0. The predicted octanol–water partition coefficient (Wildman–Crippen LogP) is 4.31. The molecule has 0 spiro atoms. The summed E-state index contributed by atoms with van der Waals surface area (Å²) in [4.78, 5) is 4.77. The van der Waals surface area contributed by atoms with E-state index in [0.717, 1.165) is 5.92 Å². The van der Waals surface area contributed by atoms with Crippen molar-refractivity contribution in [1.29, 1.82) is 0 Å². The number of likely N-dealkylation sites (N-methyl/N-ethyl adjacent to an activating group) is 1. The van der Waals surface area contributed by atoms with Crippen LogP contribution in [0.1, 0.15) is 69.5 Å². The van der Waals surface area contributed by atoms with E-state index in [4.69, 9.17) is 4.98 Å². The first kappa shape index (κ1) is 15.0. The van der Waals surface area contributed by atoms with E-state index in [9.17, 15) is 0 Å². The van der Waals surface area contributed by atoms with Crippen LogP contribution in [0, 0.1) is 11.3 Å². The van der Waals surface area contributed by atoms with Crippen molar-refractivity contribution in [3.8, 4) is 0 Å². The molecule has 3 rings (SSSR count). The van der Waals surface area contributed by atoms with Gasteiger partial charge in [0, 0.05) is 23.9 Å². The minimum absolute atomic E-state index is 0.457. The summed E-state index contributed by atoms with van der Waals surface area (Å²) in [6.07, 6.45) is 11.3. The van der Waals surface area contributed by atoms with Gasteiger partial charge in [0.2, 0.25) is 0 Å². The number of rotatable bonds is 3. The average Bonchev–Trinajstić information content (AvgIpc) is 2.49. The zero-order valence-electron chi connectivity index (χ0n) is 13.9. The first-order valence-corrected chi connectivity index (χ1v) is 8.74. The Labute approximate surface area is 129 Å². The first-order chi connectivity index (χ1) is 10.1. The molecular formula is C19H30N2. The van der Waals surface area contributed by atoms with Crippen molar-refractivity contribution in [3.05, 3.63) is 29.6 Å². The summed E-state index contributed by atoms with van der Waals surface area (Å²) in [7, 11) is 2.16. The second-order valence-corrected chi connectivity index (χ2v) is 7.70. The molecule has 1 aromatic heterocycles. The highest BCUT2D eigenvalue weighted by Crippen LogP contribution is 2.47. The monoisotopic (exact) mass is 286 g/mol. The van der Waals surface area contributed by atoms with Gasteiger partial charge in [-0.1, -0.05) is 32.8 Å². The molecule has 2 aliphatic carbocycles. The largest absolute Gasteiger partial charge is 0.316 e. The lowest BCUT2D eigenvalue weighted by Crippen LogP contribution is -2.47. The summed E-state index contributed by atoms with van der Waals surface area (Å²) in [6, 6.07) is 4.96. The van der Waals surface area contributed by atoms with E-state index in [1.165, 1.54) is 56.2 Å². The van der Waals surface area contributed by atoms with Gasteiger partial charge in [0.25, 0.3) is 0 Å². The van der Waals surface area contributed by atoms with Crippen LogP contribution in [0.2, 0.25) is 0 Å². The molecule has 1 saturated carbocycles. The third-order valence-corrected chi connectivity index (χ3v) is 6.03. The van der Waals surface area contributed by atoms with E-state index in [0.29, 0.717) is 17.4 Å². The van der Waals surface area contributed by atoms with E-state index in [1.807, 2.05) is 6.20 Å². The van der Waals surface area contributed by atoms with Crippen LogP contribution in [-0.4, -0.2) is 18.1 Å². The van der Waals surface area contributed by atoms with Crippen LogP contribution in [0.15, 0.2) is 18.3 Å². The van der Waals surface area contributed by atoms with Crippen LogP contribution in [-0.2, 0) is 6.42 Å². The minimum Gasteiger partial charge on any atom is -0.316 e. The summed E-state index contributed by atoms with van der Waals surface area (Å²) in [5, 5.41) is 3.70. The molecule has 0 bridgehead atoms. The van der Waals surface area contributed by atoms with Gasteiger partial charge in [-0.2, -0.15) is 0 Å². The van der Waals surface area contributed by atoms with Gasteiger partial charge in [0.05, 0.1) is 0 Å². The van der Waals surface area contributed by atoms with Gasteiger partial charge in [0.1, 0.15) is 0 Å². The molecule has 0 aromatic carbocycles. The Morgan fingerprint density at radius 2 is 2.10 bits per heavy atom. The SMILES string of the molecule is CNC(C1CCCc2cccnc21)C1CCCCC1(C)C. The van der Waals surface area contributed by atoms with Crippen molar-refractivity contribution in [1.82, 2.24) is 10.3 Å². The molecule has 0 radical (unpaired) electrons. The van der Waals surface area contributed by atoms with Gasteiger partial charge >= 0.3 is 0 Å². The Kier molecular flexibility index (Phi) is 4.35. The highest BCUT2D eigenvalue weighted by Gasteiger charge is 2.41. The molecule has 1 fully saturated rings. The molecule has 1 aromatic rings. The van der Waals surface area contributed by atoms with Crippen LogP contribution < -0.4 is 5.32 Å². The first-order valence-electron chi connectivity index (χ1n) is 8.74. The molecule has 1 N–H and O–H groups in total. The number of fused-ring (bicyclic) bond motifs is 1. The highest BCUT2D eigenvalue weighted by atomic mass is 14.9. The van der Waals surface area contributed by atoms with Crippen LogP contribution >= 0.6 is 0 Å². The Morgan fingerprint density at radius 3 is 2.86 bits per heavy atom. The van der Waals surface area contributed by atoms with Crippen LogP contribution in [0.3, 0.4) is 0 Å². The Hall–Kier alpha value is -0.890. The molecule has 3 unspecified atom stereocenters.